The van der Waals surface area contributed by atoms with E-state index < -0.39 is 0 Å². The van der Waals surface area contributed by atoms with Crippen molar-refractivity contribution in [2.75, 3.05) is 5.32 Å². The maximum atomic E-state index is 11.7. The fourth-order valence-electron chi connectivity index (χ4n) is 1.79. The van der Waals surface area contributed by atoms with E-state index in [-0.39, 0.29) is 11.7 Å². The van der Waals surface area contributed by atoms with Crippen molar-refractivity contribution in [1.29, 1.82) is 0 Å². The summed E-state index contributed by atoms with van der Waals surface area (Å²) in [6.45, 7) is 4.60. The molecule has 0 unspecified atom stereocenters. The Balaban J connectivity index is 2.03. The summed E-state index contributed by atoms with van der Waals surface area (Å²) in [7, 11) is 1.62. The fraction of sp³-hybridized carbons (Fsp3) is 0.333. The molecule has 0 aliphatic carbocycles. The minimum absolute atomic E-state index is 0.163. The van der Waals surface area contributed by atoms with Crippen molar-refractivity contribution in [2.45, 2.75) is 26.5 Å². The highest BCUT2D eigenvalue weighted by molar-refractivity contribution is 9.10. The van der Waals surface area contributed by atoms with Gasteiger partial charge in [-0.05, 0) is 47.5 Å². The van der Waals surface area contributed by atoms with Gasteiger partial charge < -0.3 is 10.1 Å². The number of hydrogen-bond donors (Lipinski definition) is 1. The van der Waals surface area contributed by atoms with E-state index in [1.807, 2.05) is 38.1 Å². The van der Waals surface area contributed by atoms with E-state index in [1.54, 1.807) is 13.2 Å². The molecule has 1 heterocycles. The average molecular weight is 352 g/mol. The van der Waals surface area contributed by atoms with Gasteiger partial charge in [0.1, 0.15) is 10.2 Å². The molecule has 0 radical (unpaired) electrons. The van der Waals surface area contributed by atoms with Crippen LogP contribution in [0.1, 0.15) is 19.4 Å². The number of benzene rings is 1. The number of aromatic nitrogens is 2. The smallest absolute Gasteiger partial charge is 0.282 e. The maximum absolute atomic E-state index is 11.7. The van der Waals surface area contributed by atoms with Gasteiger partial charge in [-0.25, -0.2) is 4.68 Å². The van der Waals surface area contributed by atoms with Crippen LogP contribution < -0.4 is 15.6 Å². The van der Waals surface area contributed by atoms with Crippen LogP contribution in [0, 0.1) is 0 Å². The normalized spacial score (nSPS) is 10.7. The Bertz CT molecular complexity index is 666. The summed E-state index contributed by atoms with van der Waals surface area (Å²) < 4.78 is 7.37. The number of nitrogens with one attached hydrogen (secondary N) is 1. The molecule has 1 aromatic carbocycles. The van der Waals surface area contributed by atoms with Crippen LogP contribution in [0.3, 0.4) is 0 Å². The molecule has 0 amide bonds. The van der Waals surface area contributed by atoms with Crippen LogP contribution in [0.25, 0.3) is 0 Å². The molecule has 2 rings (SSSR count). The van der Waals surface area contributed by atoms with Crippen molar-refractivity contribution in [2.24, 2.45) is 7.05 Å². The lowest BCUT2D eigenvalue weighted by Gasteiger charge is -2.11. The molecule has 0 bridgehead atoms. The fourth-order valence-corrected chi connectivity index (χ4v) is 2.29. The van der Waals surface area contributed by atoms with Crippen molar-refractivity contribution in [1.82, 2.24) is 9.78 Å². The van der Waals surface area contributed by atoms with Gasteiger partial charge in [0.2, 0.25) is 0 Å². The molecule has 0 aliphatic rings. The predicted octanol–water partition coefficient (Wildman–Crippen LogP) is 2.94. The molecule has 1 N–H and O–H groups in total. The molecule has 6 heteroatoms. The Kier molecular flexibility index (Phi) is 5.01. The Morgan fingerprint density at radius 3 is 2.62 bits per heavy atom. The molecule has 1 aromatic heterocycles. The SMILES string of the molecule is CC(C)Oc1ccc(CNc2cnn(C)c(=O)c2Br)cc1. The van der Waals surface area contributed by atoms with Crippen LogP contribution in [0.2, 0.25) is 0 Å². The zero-order chi connectivity index (χ0) is 15.4. The standard InChI is InChI=1S/C15H18BrN3O2/c1-10(2)21-12-6-4-11(5-7-12)8-17-13-9-18-19(3)15(20)14(13)16/h4-7,9-10,17H,8H2,1-3H3. The lowest BCUT2D eigenvalue weighted by molar-refractivity contribution is 0.242. The Morgan fingerprint density at radius 2 is 2.00 bits per heavy atom. The average Bonchev–Trinajstić information content (AvgIpc) is 2.45. The van der Waals surface area contributed by atoms with E-state index in [9.17, 15) is 4.79 Å². The highest BCUT2D eigenvalue weighted by Gasteiger charge is 2.06. The van der Waals surface area contributed by atoms with Crippen molar-refractivity contribution in [3.63, 3.8) is 0 Å². The third kappa shape index (κ3) is 4.07. The molecular weight excluding hydrogens is 334 g/mol. The van der Waals surface area contributed by atoms with Gasteiger partial charge in [-0.15, -0.1) is 0 Å². The highest BCUT2D eigenvalue weighted by Crippen LogP contribution is 2.18. The largest absolute Gasteiger partial charge is 0.491 e. The van der Waals surface area contributed by atoms with Crippen LogP contribution in [0.5, 0.6) is 5.75 Å². The molecule has 0 spiro atoms. The van der Waals surface area contributed by atoms with Gasteiger partial charge in [0, 0.05) is 13.6 Å². The number of hydrogen-bond acceptors (Lipinski definition) is 4. The molecule has 112 valence electrons. The quantitative estimate of drug-likeness (QED) is 0.899. The first-order valence-corrected chi connectivity index (χ1v) is 7.48. The first kappa shape index (κ1) is 15.6. The Hall–Kier alpha value is -1.82. The summed E-state index contributed by atoms with van der Waals surface area (Å²) in [5, 5.41) is 7.18. The minimum atomic E-state index is -0.166. The second-order valence-electron chi connectivity index (χ2n) is 4.97. The number of halogens is 1. The van der Waals surface area contributed by atoms with Gasteiger partial charge in [-0.2, -0.15) is 5.10 Å². The van der Waals surface area contributed by atoms with E-state index in [0.29, 0.717) is 16.7 Å². The summed E-state index contributed by atoms with van der Waals surface area (Å²) in [6, 6.07) is 7.86. The molecule has 0 aliphatic heterocycles. The Morgan fingerprint density at radius 1 is 1.33 bits per heavy atom. The first-order valence-electron chi connectivity index (χ1n) is 6.68. The molecule has 0 saturated carbocycles. The van der Waals surface area contributed by atoms with Crippen molar-refractivity contribution < 1.29 is 4.74 Å². The molecule has 2 aromatic rings. The minimum Gasteiger partial charge on any atom is -0.491 e. The third-order valence-corrected chi connectivity index (χ3v) is 3.62. The third-order valence-electron chi connectivity index (χ3n) is 2.86. The van der Waals surface area contributed by atoms with Crippen LogP contribution in [-0.4, -0.2) is 15.9 Å². The van der Waals surface area contributed by atoms with E-state index in [1.165, 1.54) is 4.68 Å². The van der Waals surface area contributed by atoms with E-state index in [4.69, 9.17) is 4.74 Å². The zero-order valence-electron chi connectivity index (χ0n) is 12.3. The van der Waals surface area contributed by atoms with Crippen LogP contribution >= 0.6 is 15.9 Å². The van der Waals surface area contributed by atoms with Crippen LogP contribution in [-0.2, 0) is 13.6 Å². The van der Waals surface area contributed by atoms with Gasteiger partial charge in [-0.3, -0.25) is 4.79 Å². The second kappa shape index (κ2) is 6.76. The van der Waals surface area contributed by atoms with E-state index in [2.05, 4.69) is 26.3 Å². The zero-order valence-corrected chi connectivity index (χ0v) is 13.8. The first-order chi connectivity index (χ1) is 9.97. The van der Waals surface area contributed by atoms with E-state index in [0.717, 1.165) is 11.3 Å². The number of ether oxygens (including phenoxy) is 1. The summed E-state index contributed by atoms with van der Waals surface area (Å²) in [4.78, 5) is 11.7. The maximum Gasteiger partial charge on any atom is 0.282 e. The summed E-state index contributed by atoms with van der Waals surface area (Å²) in [5.74, 6) is 0.852. The lowest BCUT2D eigenvalue weighted by Crippen LogP contribution is -2.21. The summed E-state index contributed by atoms with van der Waals surface area (Å²) >= 11 is 3.29. The van der Waals surface area contributed by atoms with Gasteiger partial charge in [-0.1, -0.05) is 12.1 Å². The number of rotatable bonds is 5. The number of aryl methyl sites for hydroxylation is 1. The van der Waals surface area contributed by atoms with E-state index >= 15 is 0 Å². The molecule has 0 saturated heterocycles. The predicted molar refractivity (Wildman–Crippen MR) is 86.7 cm³/mol. The van der Waals surface area contributed by atoms with Crippen molar-refractivity contribution in [3.8, 4) is 5.75 Å². The van der Waals surface area contributed by atoms with Gasteiger partial charge in [0.05, 0.1) is 18.0 Å². The molecule has 0 fully saturated rings. The second-order valence-corrected chi connectivity index (χ2v) is 5.76. The van der Waals surface area contributed by atoms with Crippen molar-refractivity contribution in [3.05, 3.63) is 50.9 Å². The number of nitrogens with zero attached hydrogens (tertiary/aromatic N) is 2. The monoisotopic (exact) mass is 351 g/mol. The summed E-state index contributed by atoms with van der Waals surface area (Å²) in [5.41, 5.74) is 1.61. The van der Waals surface area contributed by atoms with Gasteiger partial charge in [0.15, 0.2) is 0 Å². The molecular formula is C15H18BrN3O2. The molecule has 0 atom stereocenters. The Labute approximate surface area is 132 Å². The van der Waals surface area contributed by atoms with Crippen LogP contribution in [0.15, 0.2) is 39.7 Å². The van der Waals surface area contributed by atoms with Gasteiger partial charge in [0.25, 0.3) is 5.56 Å². The highest BCUT2D eigenvalue weighted by atomic mass is 79.9. The van der Waals surface area contributed by atoms with Crippen molar-refractivity contribution >= 4 is 21.6 Å². The molecule has 21 heavy (non-hydrogen) atoms. The number of anilines is 1. The topological polar surface area (TPSA) is 56.1 Å². The molecule has 5 nitrogen and oxygen atoms in total. The summed E-state index contributed by atoms with van der Waals surface area (Å²) in [6.07, 6.45) is 1.79. The van der Waals surface area contributed by atoms with Crippen LogP contribution in [0.4, 0.5) is 5.69 Å². The van der Waals surface area contributed by atoms with Gasteiger partial charge >= 0.3 is 0 Å². The lowest BCUT2D eigenvalue weighted by atomic mass is 10.2.